The third-order valence-corrected chi connectivity index (χ3v) is 1.95. The SMILES string of the molecule is Cc1ccc(CNCC(C)C#N)nc1. The van der Waals surface area contributed by atoms with Gasteiger partial charge in [-0.15, -0.1) is 0 Å². The van der Waals surface area contributed by atoms with Crippen LogP contribution >= 0.6 is 0 Å². The molecular weight excluding hydrogens is 174 g/mol. The number of rotatable bonds is 4. The standard InChI is InChI=1S/C11H15N3/c1-9-3-4-11(14-7-9)8-13-6-10(2)5-12/h3-4,7,10,13H,6,8H2,1-2H3. The van der Waals surface area contributed by atoms with Crippen LogP contribution in [0.25, 0.3) is 0 Å². The van der Waals surface area contributed by atoms with E-state index in [4.69, 9.17) is 5.26 Å². The first-order valence-corrected chi connectivity index (χ1v) is 4.74. The average Bonchev–Trinajstić information content (AvgIpc) is 2.21. The zero-order chi connectivity index (χ0) is 10.4. The van der Waals surface area contributed by atoms with Crippen molar-refractivity contribution in [3.8, 4) is 6.07 Å². The van der Waals surface area contributed by atoms with Gasteiger partial charge in [0, 0.05) is 19.3 Å². The Labute approximate surface area is 84.8 Å². The zero-order valence-corrected chi connectivity index (χ0v) is 8.62. The molecule has 0 radical (unpaired) electrons. The topological polar surface area (TPSA) is 48.7 Å². The number of nitriles is 1. The molecule has 1 unspecified atom stereocenters. The lowest BCUT2D eigenvalue weighted by atomic mass is 10.2. The average molecular weight is 189 g/mol. The normalized spacial score (nSPS) is 12.1. The Bertz CT molecular complexity index is 310. The molecule has 0 fully saturated rings. The van der Waals surface area contributed by atoms with Crippen molar-refractivity contribution >= 4 is 0 Å². The van der Waals surface area contributed by atoms with Gasteiger partial charge in [-0.25, -0.2) is 0 Å². The van der Waals surface area contributed by atoms with Crippen LogP contribution < -0.4 is 5.32 Å². The van der Waals surface area contributed by atoms with E-state index < -0.39 is 0 Å². The maximum absolute atomic E-state index is 8.56. The van der Waals surface area contributed by atoms with Crippen molar-refractivity contribution < 1.29 is 0 Å². The number of hydrogen-bond acceptors (Lipinski definition) is 3. The van der Waals surface area contributed by atoms with Crippen molar-refractivity contribution in [2.75, 3.05) is 6.54 Å². The molecule has 1 aromatic heterocycles. The minimum Gasteiger partial charge on any atom is -0.310 e. The number of nitrogens with zero attached hydrogens (tertiary/aromatic N) is 2. The van der Waals surface area contributed by atoms with Gasteiger partial charge >= 0.3 is 0 Å². The van der Waals surface area contributed by atoms with E-state index in [0.717, 1.165) is 12.2 Å². The minimum absolute atomic E-state index is 0.0560. The van der Waals surface area contributed by atoms with E-state index in [2.05, 4.69) is 16.4 Å². The molecule has 1 rings (SSSR count). The molecule has 3 nitrogen and oxygen atoms in total. The van der Waals surface area contributed by atoms with Gasteiger partial charge in [0.2, 0.25) is 0 Å². The van der Waals surface area contributed by atoms with E-state index in [1.807, 2.05) is 32.2 Å². The second kappa shape index (κ2) is 5.36. The highest BCUT2D eigenvalue weighted by atomic mass is 14.9. The van der Waals surface area contributed by atoms with Crippen LogP contribution in [0.5, 0.6) is 0 Å². The Kier molecular flexibility index (Phi) is 4.09. The van der Waals surface area contributed by atoms with E-state index in [0.29, 0.717) is 6.54 Å². The fourth-order valence-electron chi connectivity index (χ4n) is 1.07. The molecule has 1 heterocycles. The van der Waals surface area contributed by atoms with Crippen LogP contribution in [0.15, 0.2) is 18.3 Å². The molecule has 0 aliphatic rings. The van der Waals surface area contributed by atoms with Crippen molar-refractivity contribution in [3.63, 3.8) is 0 Å². The van der Waals surface area contributed by atoms with Gasteiger partial charge in [-0.05, 0) is 25.5 Å². The van der Waals surface area contributed by atoms with Gasteiger partial charge in [0.15, 0.2) is 0 Å². The van der Waals surface area contributed by atoms with E-state index in [-0.39, 0.29) is 5.92 Å². The van der Waals surface area contributed by atoms with Crippen LogP contribution in [0, 0.1) is 24.2 Å². The van der Waals surface area contributed by atoms with Gasteiger partial charge in [-0.2, -0.15) is 5.26 Å². The number of nitrogens with one attached hydrogen (secondary N) is 1. The molecule has 74 valence electrons. The smallest absolute Gasteiger partial charge is 0.0666 e. The van der Waals surface area contributed by atoms with Crippen LogP contribution in [0.4, 0.5) is 0 Å². The van der Waals surface area contributed by atoms with Crippen LogP contribution in [-0.2, 0) is 6.54 Å². The molecular formula is C11H15N3. The van der Waals surface area contributed by atoms with E-state index in [1.54, 1.807) is 0 Å². The molecule has 0 spiro atoms. The second-order valence-electron chi connectivity index (χ2n) is 3.49. The van der Waals surface area contributed by atoms with Crippen molar-refractivity contribution in [1.82, 2.24) is 10.3 Å². The highest BCUT2D eigenvalue weighted by molar-refractivity contribution is 5.11. The third-order valence-electron chi connectivity index (χ3n) is 1.95. The Hall–Kier alpha value is -1.40. The fourth-order valence-corrected chi connectivity index (χ4v) is 1.07. The fraction of sp³-hybridized carbons (Fsp3) is 0.455. The summed E-state index contributed by atoms with van der Waals surface area (Å²) in [7, 11) is 0. The van der Waals surface area contributed by atoms with E-state index in [9.17, 15) is 0 Å². The van der Waals surface area contributed by atoms with E-state index >= 15 is 0 Å². The molecule has 14 heavy (non-hydrogen) atoms. The predicted octanol–water partition coefficient (Wildman–Crippen LogP) is 1.64. The minimum atomic E-state index is 0.0560. The van der Waals surface area contributed by atoms with Crippen molar-refractivity contribution in [2.45, 2.75) is 20.4 Å². The maximum atomic E-state index is 8.56. The van der Waals surface area contributed by atoms with Gasteiger partial charge in [-0.1, -0.05) is 6.07 Å². The van der Waals surface area contributed by atoms with Crippen LogP contribution in [0.2, 0.25) is 0 Å². The van der Waals surface area contributed by atoms with Gasteiger partial charge in [0.25, 0.3) is 0 Å². The molecule has 0 amide bonds. The summed E-state index contributed by atoms with van der Waals surface area (Å²) in [6.45, 7) is 5.36. The number of pyridine rings is 1. The maximum Gasteiger partial charge on any atom is 0.0666 e. The van der Waals surface area contributed by atoms with Crippen molar-refractivity contribution in [1.29, 1.82) is 5.26 Å². The number of hydrogen-bond donors (Lipinski definition) is 1. The summed E-state index contributed by atoms with van der Waals surface area (Å²) in [6, 6.07) is 6.22. The summed E-state index contributed by atoms with van der Waals surface area (Å²) < 4.78 is 0. The highest BCUT2D eigenvalue weighted by Crippen LogP contribution is 1.98. The first-order valence-electron chi connectivity index (χ1n) is 4.74. The molecule has 1 aromatic rings. The summed E-state index contributed by atoms with van der Waals surface area (Å²) in [5.74, 6) is 0.0560. The largest absolute Gasteiger partial charge is 0.310 e. The van der Waals surface area contributed by atoms with Gasteiger partial charge in [0.1, 0.15) is 0 Å². The first-order chi connectivity index (χ1) is 6.72. The molecule has 1 atom stereocenters. The summed E-state index contributed by atoms with van der Waals surface area (Å²) in [6.07, 6.45) is 1.85. The Balaban J connectivity index is 2.32. The second-order valence-corrected chi connectivity index (χ2v) is 3.49. The molecule has 0 aromatic carbocycles. The molecule has 0 aliphatic carbocycles. The Morgan fingerprint density at radius 2 is 2.36 bits per heavy atom. The van der Waals surface area contributed by atoms with Crippen molar-refractivity contribution in [2.24, 2.45) is 5.92 Å². The molecule has 0 aliphatic heterocycles. The highest BCUT2D eigenvalue weighted by Gasteiger charge is 1.98. The van der Waals surface area contributed by atoms with Crippen LogP contribution in [-0.4, -0.2) is 11.5 Å². The van der Waals surface area contributed by atoms with Crippen LogP contribution in [0.3, 0.4) is 0 Å². The summed E-state index contributed by atoms with van der Waals surface area (Å²) in [5, 5.41) is 11.7. The summed E-state index contributed by atoms with van der Waals surface area (Å²) >= 11 is 0. The number of aromatic nitrogens is 1. The summed E-state index contributed by atoms with van der Waals surface area (Å²) in [4.78, 5) is 4.26. The third kappa shape index (κ3) is 3.55. The van der Waals surface area contributed by atoms with Gasteiger partial charge < -0.3 is 5.32 Å². The Morgan fingerprint density at radius 1 is 1.57 bits per heavy atom. The predicted molar refractivity (Wildman–Crippen MR) is 55.5 cm³/mol. The Morgan fingerprint density at radius 3 is 2.93 bits per heavy atom. The van der Waals surface area contributed by atoms with Gasteiger partial charge in [0.05, 0.1) is 17.7 Å². The quantitative estimate of drug-likeness (QED) is 0.783. The lowest BCUT2D eigenvalue weighted by Crippen LogP contribution is -2.20. The van der Waals surface area contributed by atoms with Crippen LogP contribution in [0.1, 0.15) is 18.2 Å². The molecule has 1 N–H and O–H groups in total. The first kappa shape index (κ1) is 10.7. The molecule has 3 heteroatoms. The van der Waals surface area contributed by atoms with E-state index in [1.165, 1.54) is 5.56 Å². The number of aryl methyl sites for hydroxylation is 1. The van der Waals surface area contributed by atoms with Crippen molar-refractivity contribution in [3.05, 3.63) is 29.6 Å². The molecule has 0 saturated carbocycles. The lowest BCUT2D eigenvalue weighted by molar-refractivity contribution is 0.595. The van der Waals surface area contributed by atoms with Gasteiger partial charge in [-0.3, -0.25) is 4.98 Å². The molecule has 0 bridgehead atoms. The molecule has 0 saturated heterocycles. The lowest BCUT2D eigenvalue weighted by Gasteiger charge is -2.05. The summed E-state index contributed by atoms with van der Waals surface area (Å²) in [5.41, 5.74) is 2.18. The zero-order valence-electron chi connectivity index (χ0n) is 8.62. The monoisotopic (exact) mass is 189 g/mol.